The average Bonchev–Trinajstić information content (AvgIpc) is 3.19. The zero-order chi connectivity index (χ0) is 11.7. The highest BCUT2D eigenvalue weighted by molar-refractivity contribution is 5.16. The number of hydrogen-bond acceptors (Lipinski definition) is 2. The molecule has 0 aromatic rings. The molecule has 1 saturated heterocycles. The van der Waals surface area contributed by atoms with Crippen LogP contribution in [0.25, 0.3) is 0 Å². The van der Waals surface area contributed by atoms with Crippen molar-refractivity contribution in [3.8, 4) is 0 Å². The fourth-order valence-electron chi connectivity index (χ4n) is 6.46. The van der Waals surface area contributed by atoms with Crippen LogP contribution in [-0.4, -0.2) is 36.1 Å². The van der Waals surface area contributed by atoms with E-state index in [0.29, 0.717) is 5.54 Å². The van der Waals surface area contributed by atoms with Gasteiger partial charge in [0.15, 0.2) is 0 Å². The fourth-order valence-corrected chi connectivity index (χ4v) is 6.46. The van der Waals surface area contributed by atoms with Crippen molar-refractivity contribution in [2.75, 3.05) is 19.6 Å². The van der Waals surface area contributed by atoms with Gasteiger partial charge in [-0.25, -0.2) is 0 Å². The molecule has 0 amide bonds. The van der Waals surface area contributed by atoms with Crippen molar-refractivity contribution in [2.45, 2.75) is 56.5 Å². The summed E-state index contributed by atoms with van der Waals surface area (Å²) in [5.74, 6) is 4.31. The van der Waals surface area contributed by atoms with Gasteiger partial charge in [-0.1, -0.05) is 0 Å². The average molecular weight is 246 g/mol. The largest absolute Gasteiger partial charge is 0.314 e. The van der Waals surface area contributed by atoms with E-state index < -0.39 is 0 Å². The minimum atomic E-state index is 0.604. The second kappa shape index (κ2) is 3.52. The lowest BCUT2D eigenvalue weighted by molar-refractivity contribution is -0.147. The van der Waals surface area contributed by atoms with Gasteiger partial charge < -0.3 is 5.32 Å². The highest BCUT2D eigenvalue weighted by Crippen LogP contribution is 2.61. The lowest BCUT2D eigenvalue weighted by atomic mass is 9.47. The first-order valence-corrected chi connectivity index (χ1v) is 8.34. The first kappa shape index (κ1) is 10.7. The first-order valence-electron chi connectivity index (χ1n) is 8.34. The SMILES string of the molecule is C1CN(C2CC2)C2(CN1)C1CC3CC(C1)CC2C3. The minimum absolute atomic E-state index is 0.604. The molecule has 6 aliphatic rings. The molecule has 1 aliphatic heterocycles. The maximum atomic E-state index is 3.77. The van der Waals surface area contributed by atoms with E-state index in [1.54, 1.807) is 32.1 Å². The molecule has 0 atom stereocenters. The molecule has 18 heavy (non-hydrogen) atoms. The number of nitrogens with one attached hydrogen (secondary N) is 1. The molecular formula is C16H26N2. The van der Waals surface area contributed by atoms with Gasteiger partial charge >= 0.3 is 0 Å². The van der Waals surface area contributed by atoms with Gasteiger partial charge in [0.25, 0.3) is 0 Å². The molecular weight excluding hydrogens is 220 g/mol. The Bertz CT molecular complexity index is 332. The van der Waals surface area contributed by atoms with Crippen LogP contribution in [-0.2, 0) is 0 Å². The molecule has 100 valence electrons. The van der Waals surface area contributed by atoms with Crippen LogP contribution in [0.2, 0.25) is 0 Å². The van der Waals surface area contributed by atoms with E-state index in [-0.39, 0.29) is 0 Å². The van der Waals surface area contributed by atoms with Crippen molar-refractivity contribution in [1.82, 2.24) is 10.2 Å². The van der Waals surface area contributed by atoms with E-state index in [2.05, 4.69) is 10.2 Å². The third-order valence-electron chi connectivity index (χ3n) is 7.01. The number of piperazine rings is 1. The van der Waals surface area contributed by atoms with Crippen molar-refractivity contribution in [3.63, 3.8) is 0 Å². The topological polar surface area (TPSA) is 15.3 Å². The van der Waals surface area contributed by atoms with Crippen molar-refractivity contribution in [2.24, 2.45) is 23.7 Å². The molecule has 0 radical (unpaired) electrons. The zero-order valence-corrected chi connectivity index (χ0v) is 11.4. The van der Waals surface area contributed by atoms with E-state index in [0.717, 1.165) is 29.7 Å². The van der Waals surface area contributed by atoms with Crippen LogP contribution in [0, 0.1) is 23.7 Å². The Morgan fingerprint density at radius 2 is 1.56 bits per heavy atom. The molecule has 1 heterocycles. The van der Waals surface area contributed by atoms with E-state index in [1.165, 1.54) is 32.5 Å². The van der Waals surface area contributed by atoms with Crippen LogP contribution >= 0.6 is 0 Å². The molecule has 1 spiro atoms. The summed E-state index contributed by atoms with van der Waals surface area (Å²) in [6, 6.07) is 0.977. The molecule has 5 aliphatic carbocycles. The molecule has 4 bridgehead atoms. The van der Waals surface area contributed by atoms with E-state index in [1.807, 2.05) is 0 Å². The van der Waals surface area contributed by atoms with Gasteiger partial charge in [0.2, 0.25) is 0 Å². The van der Waals surface area contributed by atoms with Gasteiger partial charge in [-0.2, -0.15) is 0 Å². The van der Waals surface area contributed by atoms with Gasteiger partial charge in [-0.15, -0.1) is 0 Å². The lowest BCUT2D eigenvalue weighted by Gasteiger charge is -2.66. The molecule has 6 fully saturated rings. The smallest absolute Gasteiger partial charge is 0.0393 e. The molecule has 0 aromatic heterocycles. The second-order valence-electron chi connectivity index (χ2n) is 7.90. The predicted octanol–water partition coefficient (Wildman–Crippen LogP) is 2.25. The minimum Gasteiger partial charge on any atom is -0.314 e. The highest BCUT2D eigenvalue weighted by atomic mass is 15.3. The lowest BCUT2D eigenvalue weighted by Crippen LogP contribution is -2.73. The molecule has 2 nitrogen and oxygen atoms in total. The summed E-state index contributed by atoms with van der Waals surface area (Å²) >= 11 is 0. The monoisotopic (exact) mass is 246 g/mol. The standard InChI is InChI=1S/C16H26N2/c1-2-15(1)18-4-3-17-10-16(18)13-6-11-5-12(8-13)9-14(16)7-11/h11-15,17H,1-10H2. The second-order valence-corrected chi connectivity index (χ2v) is 7.90. The molecule has 6 rings (SSSR count). The third kappa shape index (κ3) is 1.27. The zero-order valence-electron chi connectivity index (χ0n) is 11.4. The Labute approximate surface area is 110 Å². The summed E-state index contributed by atoms with van der Waals surface area (Å²) in [5, 5.41) is 3.77. The predicted molar refractivity (Wildman–Crippen MR) is 72.4 cm³/mol. The van der Waals surface area contributed by atoms with Crippen LogP contribution in [0.5, 0.6) is 0 Å². The number of rotatable bonds is 1. The van der Waals surface area contributed by atoms with Crippen molar-refractivity contribution in [1.29, 1.82) is 0 Å². The summed E-state index contributed by atoms with van der Waals surface area (Å²) in [5.41, 5.74) is 0.604. The first-order chi connectivity index (χ1) is 8.86. The molecule has 1 N–H and O–H groups in total. The van der Waals surface area contributed by atoms with Gasteiger partial charge in [0.1, 0.15) is 0 Å². The Hall–Kier alpha value is -0.0800. The summed E-state index contributed by atoms with van der Waals surface area (Å²) in [6.45, 7) is 3.90. The van der Waals surface area contributed by atoms with Crippen LogP contribution in [0.4, 0.5) is 0 Å². The normalized spacial score (nSPS) is 55.3. The van der Waals surface area contributed by atoms with Crippen molar-refractivity contribution >= 4 is 0 Å². The van der Waals surface area contributed by atoms with Crippen LogP contribution in [0.3, 0.4) is 0 Å². The molecule has 0 unspecified atom stereocenters. The number of hydrogen-bond donors (Lipinski definition) is 1. The van der Waals surface area contributed by atoms with Crippen LogP contribution in [0.15, 0.2) is 0 Å². The van der Waals surface area contributed by atoms with Crippen molar-refractivity contribution in [3.05, 3.63) is 0 Å². The number of nitrogens with zero attached hydrogens (tertiary/aromatic N) is 1. The van der Waals surface area contributed by atoms with Crippen LogP contribution in [0.1, 0.15) is 44.9 Å². The molecule has 5 saturated carbocycles. The molecule has 2 heteroatoms. The summed E-state index contributed by atoms with van der Waals surface area (Å²) < 4.78 is 0. The highest BCUT2D eigenvalue weighted by Gasteiger charge is 2.61. The fraction of sp³-hybridized carbons (Fsp3) is 1.00. The van der Waals surface area contributed by atoms with Crippen molar-refractivity contribution < 1.29 is 0 Å². The van der Waals surface area contributed by atoms with Gasteiger partial charge in [-0.05, 0) is 68.6 Å². The van der Waals surface area contributed by atoms with E-state index in [4.69, 9.17) is 0 Å². The third-order valence-corrected chi connectivity index (χ3v) is 7.01. The summed E-state index contributed by atoms with van der Waals surface area (Å²) in [6.07, 6.45) is 10.8. The Kier molecular flexibility index (Phi) is 2.09. The Morgan fingerprint density at radius 1 is 0.889 bits per heavy atom. The van der Waals surface area contributed by atoms with Crippen LogP contribution < -0.4 is 5.32 Å². The van der Waals surface area contributed by atoms with Gasteiger partial charge in [-0.3, -0.25) is 4.90 Å². The quantitative estimate of drug-likeness (QED) is 0.763. The van der Waals surface area contributed by atoms with E-state index >= 15 is 0 Å². The summed E-state index contributed by atoms with van der Waals surface area (Å²) in [7, 11) is 0. The Morgan fingerprint density at radius 3 is 2.17 bits per heavy atom. The molecule has 0 aromatic carbocycles. The maximum absolute atomic E-state index is 3.77. The summed E-state index contributed by atoms with van der Waals surface area (Å²) in [4.78, 5) is 3.01. The van der Waals surface area contributed by atoms with Gasteiger partial charge in [0, 0.05) is 31.2 Å². The Balaban J connectivity index is 1.55. The maximum Gasteiger partial charge on any atom is 0.0393 e. The van der Waals surface area contributed by atoms with E-state index in [9.17, 15) is 0 Å². The van der Waals surface area contributed by atoms with Gasteiger partial charge in [0.05, 0.1) is 0 Å².